The number of hydrogen-bond acceptors (Lipinski definition) is 4. The van der Waals surface area contributed by atoms with Crippen molar-refractivity contribution in [3.63, 3.8) is 0 Å². The number of carbonyl (C=O) groups is 1. The standard InChI is InChI=1S/C25H29N5O2/c1-19-17-30(18-26-19)22-9-8-21(16-23(22)32-2)28-12-14-29(15-13-28)24(31)27-25(10-11-25)20-6-4-3-5-7-20/h3-9,16-18H,10-15H2,1-2H3,(H,27,31). The molecular formula is C25H29N5O2. The highest BCUT2D eigenvalue weighted by atomic mass is 16.5. The Morgan fingerprint density at radius 2 is 1.81 bits per heavy atom. The Balaban J connectivity index is 1.22. The number of ether oxygens (including phenoxy) is 1. The normalized spacial score (nSPS) is 17.2. The van der Waals surface area contributed by atoms with E-state index in [0.29, 0.717) is 13.1 Å². The topological polar surface area (TPSA) is 62.6 Å². The summed E-state index contributed by atoms with van der Waals surface area (Å²) in [5.41, 5.74) is 4.05. The van der Waals surface area contributed by atoms with Crippen LogP contribution in [-0.4, -0.2) is 53.8 Å². The Morgan fingerprint density at radius 1 is 1.06 bits per heavy atom. The van der Waals surface area contributed by atoms with Gasteiger partial charge < -0.3 is 24.4 Å². The molecule has 1 aliphatic carbocycles. The molecule has 2 fully saturated rings. The largest absolute Gasteiger partial charge is 0.494 e. The molecule has 166 valence electrons. The first-order valence-electron chi connectivity index (χ1n) is 11.1. The Morgan fingerprint density at radius 3 is 2.44 bits per heavy atom. The van der Waals surface area contributed by atoms with Gasteiger partial charge in [-0.05, 0) is 37.5 Å². The van der Waals surface area contributed by atoms with Crippen molar-refractivity contribution >= 4 is 11.7 Å². The molecule has 32 heavy (non-hydrogen) atoms. The minimum atomic E-state index is -0.176. The minimum Gasteiger partial charge on any atom is -0.494 e. The maximum Gasteiger partial charge on any atom is 0.318 e. The number of nitrogens with zero attached hydrogens (tertiary/aromatic N) is 4. The Bertz CT molecular complexity index is 1100. The second-order valence-corrected chi connectivity index (χ2v) is 8.63. The van der Waals surface area contributed by atoms with Crippen LogP contribution in [0.5, 0.6) is 5.75 Å². The van der Waals surface area contributed by atoms with E-state index in [1.54, 1.807) is 13.4 Å². The Labute approximate surface area is 188 Å². The fourth-order valence-corrected chi connectivity index (χ4v) is 4.45. The third-order valence-corrected chi connectivity index (χ3v) is 6.51. The summed E-state index contributed by atoms with van der Waals surface area (Å²) in [6, 6.07) is 16.6. The van der Waals surface area contributed by atoms with E-state index >= 15 is 0 Å². The molecule has 7 nitrogen and oxygen atoms in total. The number of amides is 2. The molecule has 2 heterocycles. The zero-order valence-corrected chi connectivity index (χ0v) is 18.6. The third-order valence-electron chi connectivity index (χ3n) is 6.51. The molecule has 7 heteroatoms. The van der Waals surface area contributed by atoms with Crippen molar-refractivity contribution in [2.45, 2.75) is 25.3 Å². The lowest BCUT2D eigenvalue weighted by molar-refractivity contribution is 0.189. The number of benzene rings is 2. The molecule has 1 saturated heterocycles. The van der Waals surface area contributed by atoms with Gasteiger partial charge in [-0.2, -0.15) is 0 Å². The zero-order valence-electron chi connectivity index (χ0n) is 18.6. The van der Waals surface area contributed by atoms with Crippen LogP contribution in [0.2, 0.25) is 0 Å². The number of aryl methyl sites for hydroxylation is 1. The average Bonchev–Trinajstić information content (AvgIpc) is 3.50. The summed E-state index contributed by atoms with van der Waals surface area (Å²) in [7, 11) is 1.69. The van der Waals surface area contributed by atoms with Crippen LogP contribution in [0.1, 0.15) is 24.1 Å². The van der Waals surface area contributed by atoms with Gasteiger partial charge in [0.2, 0.25) is 0 Å². The minimum absolute atomic E-state index is 0.0365. The second kappa shape index (κ2) is 8.22. The van der Waals surface area contributed by atoms with Gasteiger partial charge in [-0.15, -0.1) is 0 Å². The van der Waals surface area contributed by atoms with E-state index in [1.165, 1.54) is 5.56 Å². The van der Waals surface area contributed by atoms with Gasteiger partial charge in [0.1, 0.15) is 5.75 Å². The predicted molar refractivity (Wildman–Crippen MR) is 125 cm³/mol. The molecule has 1 aliphatic heterocycles. The van der Waals surface area contributed by atoms with Crippen LogP contribution in [0.15, 0.2) is 61.1 Å². The number of anilines is 1. The van der Waals surface area contributed by atoms with Crippen molar-refractivity contribution < 1.29 is 9.53 Å². The number of piperazine rings is 1. The van der Waals surface area contributed by atoms with E-state index in [1.807, 2.05) is 40.8 Å². The number of nitrogens with one attached hydrogen (secondary N) is 1. The van der Waals surface area contributed by atoms with E-state index in [4.69, 9.17) is 4.74 Å². The monoisotopic (exact) mass is 431 g/mol. The summed E-state index contributed by atoms with van der Waals surface area (Å²) in [5, 5.41) is 3.29. The first kappa shape index (κ1) is 20.4. The van der Waals surface area contributed by atoms with Crippen LogP contribution in [0.3, 0.4) is 0 Å². The van der Waals surface area contributed by atoms with Gasteiger partial charge in [0.15, 0.2) is 0 Å². The van der Waals surface area contributed by atoms with Gasteiger partial charge in [-0.25, -0.2) is 9.78 Å². The number of hydrogen-bond donors (Lipinski definition) is 1. The number of methoxy groups -OCH3 is 1. The first-order chi connectivity index (χ1) is 15.6. The summed E-state index contributed by atoms with van der Waals surface area (Å²) in [6.45, 7) is 4.94. The van der Waals surface area contributed by atoms with Crippen molar-refractivity contribution in [2.75, 3.05) is 38.2 Å². The van der Waals surface area contributed by atoms with Crippen LogP contribution in [0.4, 0.5) is 10.5 Å². The van der Waals surface area contributed by atoms with Gasteiger partial charge in [0.25, 0.3) is 0 Å². The predicted octanol–water partition coefficient (Wildman–Crippen LogP) is 3.71. The quantitative estimate of drug-likeness (QED) is 0.669. The molecule has 1 N–H and O–H groups in total. The maximum absolute atomic E-state index is 12.9. The van der Waals surface area contributed by atoms with Crippen LogP contribution < -0.4 is 15.0 Å². The van der Waals surface area contributed by atoms with Gasteiger partial charge in [0.05, 0.1) is 30.4 Å². The zero-order chi connectivity index (χ0) is 22.1. The Hall–Kier alpha value is -3.48. The van der Waals surface area contributed by atoms with Gasteiger partial charge in [-0.1, -0.05) is 30.3 Å². The van der Waals surface area contributed by atoms with Crippen molar-refractivity contribution in [2.24, 2.45) is 0 Å². The molecule has 2 aliphatic rings. The van der Waals surface area contributed by atoms with Crippen LogP contribution in [-0.2, 0) is 5.54 Å². The number of imidazole rings is 1. The van der Waals surface area contributed by atoms with E-state index < -0.39 is 0 Å². The van der Waals surface area contributed by atoms with E-state index in [-0.39, 0.29) is 11.6 Å². The second-order valence-electron chi connectivity index (χ2n) is 8.63. The molecule has 1 aromatic heterocycles. The summed E-state index contributed by atoms with van der Waals surface area (Å²) >= 11 is 0. The molecule has 0 unspecified atom stereocenters. The number of rotatable bonds is 5. The molecule has 0 radical (unpaired) electrons. The average molecular weight is 432 g/mol. The summed E-state index contributed by atoms with van der Waals surface area (Å²) in [5.74, 6) is 0.804. The van der Waals surface area contributed by atoms with Gasteiger partial charge in [-0.3, -0.25) is 0 Å². The van der Waals surface area contributed by atoms with Crippen molar-refractivity contribution in [1.29, 1.82) is 0 Å². The lowest BCUT2D eigenvalue weighted by Crippen LogP contribution is -2.53. The first-order valence-corrected chi connectivity index (χ1v) is 11.1. The third kappa shape index (κ3) is 3.90. The highest BCUT2D eigenvalue weighted by Gasteiger charge is 2.46. The fraction of sp³-hybridized carbons (Fsp3) is 0.360. The SMILES string of the molecule is COc1cc(N2CCN(C(=O)NC3(c4ccccc4)CC3)CC2)ccc1-n1cnc(C)c1. The molecule has 2 amide bonds. The van der Waals surface area contributed by atoms with E-state index in [9.17, 15) is 4.79 Å². The van der Waals surface area contributed by atoms with Crippen molar-refractivity contribution in [3.05, 3.63) is 72.3 Å². The molecule has 3 aromatic rings. The van der Waals surface area contributed by atoms with Crippen LogP contribution >= 0.6 is 0 Å². The smallest absolute Gasteiger partial charge is 0.318 e. The number of aromatic nitrogens is 2. The summed E-state index contributed by atoms with van der Waals surface area (Å²) < 4.78 is 7.63. The van der Waals surface area contributed by atoms with Gasteiger partial charge in [0, 0.05) is 44.1 Å². The molecule has 2 aromatic carbocycles. The maximum atomic E-state index is 12.9. The van der Waals surface area contributed by atoms with Gasteiger partial charge >= 0.3 is 6.03 Å². The molecule has 0 spiro atoms. The van der Waals surface area contributed by atoms with Crippen LogP contribution in [0, 0.1) is 6.92 Å². The van der Waals surface area contributed by atoms with Crippen molar-refractivity contribution in [3.8, 4) is 11.4 Å². The lowest BCUT2D eigenvalue weighted by atomic mass is 10.1. The molecule has 5 rings (SSSR count). The molecule has 0 bridgehead atoms. The highest BCUT2D eigenvalue weighted by Crippen LogP contribution is 2.45. The lowest BCUT2D eigenvalue weighted by Gasteiger charge is -2.37. The van der Waals surface area contributed by atoms with E-state index in [0.717, 1.165) is 48.7 Å². The Kier molecular flexibility index (Phi) is 5.25. The van der Waals surface area contributed by atoms with Crippen molar-refractivity contribution in [1.82, 2.24) is 19.8 Å². The fourth-order valence-electron chi connectivity index (χ4n) is 4.45. The summed E-state index contributed by atoms with van der Waals surface area (Å²) in [6.07, 6.45) is 5.79. The number of carbonyl (C=O) groups excluding carboxylic acids is 1. The molecule has 0 atom stereocenters. The number of urea groups is 1. The van der Waals surface area contributed by atoms with Crippen LogP contribution in [0.25, 0.3) is 5.69 Å². The summed E-state index contributed by atoms with van der Waals surface area (Å²) in [4.78, 5) is 21.5. The molecular weight excluding hydrogens is 402 g/mol. The highest BCUT2D eigenvalue weighted by molar-refractivity contribution is 5.76. The van der Waals surface area contributed by atoms with E-state index in [2.05, 4.69) is 45.5 Å². The molecule has 1 saturated carbocycles.